The third-order valence-electron chi connectivity index (χ3n) is 3.69. The molecule has 0 aliphatic rings. The van der Waals surface area contributed by atoms with Gasteiger partial charge in [-0.3, -0.25) is 0 Å². The maximum atomic E-state index is 12.3. The van der Waals surface area contributed by atoms with Gasteiger partial charge in [0.1, 0.15) is 0 Å². The molecule has 4 nitrogen and oxygen atoms in total. The van der Waals surface area contributed by atoms with Gasteiger partial charge in [0.25, 0.3) is 0 Å². The monoisotopic (exact) mass is 433 g/mol. The molecule has 0 bridgehead atoms. The van der Waals surface area contributed by atoms with Gasteiger partial charge in [-0.2, -0.15) is 0 Å². The second-order valence-corrected chi connectivity index (χ2v) is 7.48. The van der Waals surface area contributed by atoms with Crippen LogP contribution in [0.15, 0.2) is 66.9 Å². The van der Waals surface area contributed by atoms with Crippen molar-refractivity contribution < 1.29 is 29.5 Å². The van der Waals surface area contributed by atoms with Crippen molar-refractivity contribution in [3.8, 4) is 5.75 Å². The van der Waals surface area contributed by atoms with Crippen molar-refractivity contribution in [1.29, 1.82) is 0 Å². The predicted molar refractivity (Wildman–Crippen MR) is 90.3 cm³/mol. The molecule has 24 heavy (non-hydrogen) atoms. The number of rotatable bonds is 5. The summed E-state index contributed by atoms with van der Waals surface area (Å²) in [5, 5.41) is 2.91. The zero-order chi connectivity index (χ0) is 16.9. The van der Waals surface area contributed by atoms with Gasteiger partial charge in [-0.1, -0.05) is 0 Å². The fourth-order valence-corrected chi connectivity index (χ4v) is 3.70. The van der Waals surface area contributed by atoms with E-state index in [0.717, 1.165) is 17.1 Å². The molecule has 2 aromatic carbocycles. The van der Waals surface area contributed by atoms with Crippen LogP contribution in [0.1, 0.15) is 16.1 Å². The summed E-state index contributed by atoms with van der Waals surface area (Å²) in [5.41, 5.74) is 2.39. The first kappa shape index (κ1) is 16.6. The number of hydrogen-bond acceptors (Lipinski definition) is 2. The van der Waals surface area contributed by atoms with E-state index in [0.29, 0.717) is 5.56 Å². The van der Waals surface area contributed by atoms with Gasteiger partial charge in [0.15, 0.2) is 0 Å². The minimum absolute atomic E-state index is 0.0986. The van der Waals surface area contributed by atoms with Crippen molar-refractivity contribution >= 4 is 11.6 Å². The molecule has 124 valence electrons. The average Bonchev–Trinajstić information content (AvgIpc) is 2.94. The summed E-state index contributed by atoms with van der Waals surface area (Å²) >= 11 is -0.508. The average molecular weight is 433 g/mol. The van der Waals surface area contributed by atoms with Gasteiger partial charge in [0.05, 0.1) is 0 Å². The summed E-state index contributed by atoms with van der Waals surface area (Å²) in [6, 6.07) is 19.5. The number of carbonyl (C=O) groups excluding carboxylic acids is 1. The number of anilines is 1. The van der Waals surface area contributed by atoms with Crippen LogP contribution in [0.2, 0.25) is 0 Å². The van der Waals surface area contributed by atoms with E-state index in [4.69, 9.17) is 3.07 Å². The molecule has 1 N–H and O–H groups in total. The molecular weight excluding hydrogens is 415 g/mol. The standard InChI is InChI=1S/C19H18IN2O2/c1-14-18(12-13-22(14)2)19(23)21-16-8-10-17(11-9-16)24-20-15-6-4-3-5-7-15/h3-13H,1-2H3,(H,21,23)/q-1. The van der Waals surface area contributed by atoms with Crippen molar-refractivity contribution in [3.63, 3.8) is 0 Å². The summed E-state index contributed by atoms with van der Waals surface area (Å²) in [6.45, 7) is 1.93. The van der Waals surface area contributed by atoms with Crippen LogP contribution >= 0.6 is 0 Å². The van der Waals surface area contributed by atoms with Gasteiger partial charge >= 0.3 is 152 Å². The van der Waals surface area contributed by atoms with Gasteiger partial charge in [-0.05, 0) is 0 Å². The van der Waals surface area contributed by atoms with Crippen LogP contribution in [0.25, 0.3) is 0 Å². The molecule has 3 aromatic rings. The van der Waals surface area contributed by atoms with Crippen LogP contribution in [-0.2, 0) is 7.05 Å². The third kappa shape index (κ3) is 3.97. The molecule has 0 saturated heterocycles. The second kappa shape index (κ2) is 7.53. The Morgan fingerprint density at radius 2 is 1.75 bits per heavy atom. The fourth-order valence-electron chi connectivity index (χ4n) is 2.19. The van der Waals surface area contributed by atoms with Crippen LogP contribution in [0, 0.1) is 10.5 Å². The van der Waals surface area contributed by atoms with Gasteiger partial charge in [-0.15, -0.1) is 0 Å². The van der Waals surface area contributed by atoms with E-state index in [-0.39, 0.29) is 5.91 Å². The number of hydrogen-bond donors (Lipinski definition) is 1. The number of halogens is 1. The summed E-state index contributed by atoms with van der Waals surface area (Å²) in [5.74, 6) is 0.721. The zero-order valence-electron chi connectivity index (χ0n) is 13.5. The SMILES string of the molecule is Cc1c(C(=O)Nc2ccc(O[I-]c3ccccc3)cc2)ccn1C. The first-order valence-corrected chi connectivity index (χ1v) is 9.49. The molecule has 0 unspecified atom stereocenters. The Labute approximate surface area is 152 Å². The van der Waals surface area contributed by atoms with Crippen LogP contribution < -0.4 is 30.0 Å². The molecule has 3 rings (SSSR count). The third-order valence-corrected chi connectivity index (χ3v) is 5.65. The van der Waals surface area contributed by atoms with E-state index in [1.807, 2.05) is 73.3 Å². The predicted octanol–water partition coefficient (Wildman–Crippen LogP) is 0.838. The van der Waals surface area contributed by atoms with Crippen molar-refractivity contribution in [2.24, 2.45) is 7.05 Å². The van der Waals surface area contributed by atoms with Crippen LogP contribution in [0.5, 0.6) is 5.75 Å². The molecule has 1 aromatic heterocycles. The number of aromatic nitrogens is 1. The molecule has 0 spiro atoms. The van der Waals surface area contributed by atoms with Crippen molar-refractivity contribution in [1.82, 2.24) is 4.57 Å². The van der Waals surface area contributed by atoms with E-state index in [1.165, 1.54) is 3.57 Å². The normalized spacial score (nSPS) is 10.6. The Morgan fingerprint density at radius 1 is 1.04 bits per heavy atom. The summed E-state index contributed by atoms with van der Waals surface area (Å²) in [6.07, 6.45) is 1.88. The molecule has 0 aliphatic carbocycles. The number of benzene rings is 2. The Hall–Kier alpha value is -2.28. The van der Waals surface area contributed by atoms with Crippen molar-refractivity contribution in [2.45, 2.75) is 6.92 Å². The molecule has 0 radical (unpaired) electrons. The van der Waals surface area contributed by atoms with Crippen LogP contribution in [0.3, 0.4) is 0 Å². The van der Waals surface area contributed by atoms with E-state index < -0.39 is 21.6 Å². The minimum atomic E-state index is -0.508. The van der Waals surface area contributed by atoms with Crippen molar-refractivity contribution in [3.05, 3.63) is 81.7 Å². The quantitative estimate of drug-likeness (QED) is 0.607. The fraction of sp³-hybridized carbons (Fsp3) is 0.105. The molecule has 5 heteroatoms. The first-order chi connectivity index (χ1) is 11.6. The molecule has 0 atom stereocenters. The first-order valence-electron chi connectivity index (χ1n) is 7.53. The molecule has 0 fully saturated rings. The molecule has 1 heterocycles. The second-order valence-electron chi connectivity index (χ2n) is 5.35. The molecule has 1 amide bonds. The Bertz CT molecular complexity index is 826. The number of amides is 1. The number of nitrogens with one attached hydrogen (secondary N) is 1. The summed E-state index contributed by atoms with van der Waals surface area (Å²) in [4.78, 5) is 12.3. The van der Waals surface area contributed by atoms with Gasteiger partial charge in [0, 0.05) is 0 Å². The molecule has 0 aliphatic heterocycles. The zero-order valence-corrected chi connectivity index (χ0v) is 15.7. The summed E-state index contributed by atoms with van der Waals surface area (Å²) < 4.78 is 9.01. The number of nitrogens with zero attached hydrogens (tertiary/aromatic N) is 1. The Kier molecular flexibility index (Phi) is 5.20. The van der Waals surface area contributed by atoms with Gasteiger partial charge in [0.2, 0.25) is 0 Å². The summed E-state index contributed by atoms with van der Waals surface area (Å²) in [7, 11) is 1.92. The van der Waals surface area contributed by atoms with E-state index in [1.54, 1.807) is 0 Å². The van der Waals surface area contributed by atoms with Crippen molar-refractivity contribution in [2.75, 3.05) is 5.32 Å². The molecular formula is C19H18IN2O2-. The van der Waals surface area contributed by atoms with E-state index in [2.05, 4.69) is 17.4 Å². The van der Waals surface area contributed by atoms with E-state index in [9.17, 15) is 4.79 Å². The Morgan fingerprint density at radius 3 is 2.38 bits per heavy atom. The number of carbonyl (C=O) groups is 1. The Balaban J connectivity index is 1.60. The van der Waals surface area contributed by atoms with Gasteiger partial charge in [-0.25, -0.2) is 0 Å². The van der Waals surface area contributed by atoms with Crippen LogP contribution in [0.4, 0.5) is 5.69 Å². The topological polar surface area (TPSA) is 43.3 Å². The molecule has 0 saturated carbocycles. The van der Waals surface area contributed by atoms with E-state index >= 15 is 0 Å². The van der Waals surface area contributed by atoms with Gasteiger partial charge < -0.3 is 0 Å². The maximum absolute atomic E-state index is 12.3. The number of aryl methyl sites for hydroxylation is 1. The van der Waals surface area contributed by atoms with Crippen LogP contribution in [-0.4, -0.2) is 10.5 Å².